The number of amides is 1. The van der Waals surface area contributed by atoms with Gasteiger partial charge in [0, 0.05) is 6.42 Å². The van der Waals surface area contributed by atoms with Crippen molar-refractivity contribution in [2.45, 2.75) is 420 Å². The highest BCUT2D eigenvalue weighted by Gasteiger charge is 2.53. The van der Waals surface area contributed by atoms with Gasteiger partial charge in [0.2, 0.25) is 5.91 Å². The predicted octanol–water partition coefficient (Wildman–Crippen LogP) is 11.2. The summed E-state index contributed by atoms with van der Waals surface area (Å²) in [7, 11) is 0. The number of carbonyl (C=O) groups excluding carboxylic acids is 1. The summed E-state index contributed by atoms with van der Waals surface area (Å²) >= 11 is 0. The third-order valence-electron chi connectivity index (χ3n) is 19.3. The minimum Gasteiger partial charge on any atom is -0.394 e. The number of aliphatic hydroxyl groups is 11. The van der Waals surface area contributed by atoms with Crippen LogP contribution in [0, 0.1) is 0 Å². The maximum Gasteiger partial charge on any atom is 0.220 e. The van der Waals surface area contributed by atoms with E-state index in [1.165, 1.54) is 244 Å². The lowest BCUT2D eigenvalue weighted by Crippen LogP contribution is -2.66. The number of aliphatic hydroxyl groups excluding tert-OH is 11. The molecule has 544 valence electrons. The van der Waals surface area contributed by atoms with Crippen molar-refractivity contribution in [2.75, 3.05) is 26.4 Å². The van der Waals surface area contributed by atoms with E-state index in [0.717, 1.165) is 44.9 Å². The SMILES string of the molecule is CCCCCCCCCCCCCCCCCCCCCCCCCCCCC/C=C/C(O)C(COC1OC(CO)C(OC2OC(CO)C(OC3OC(CO)C(O)C(O)C3O)C(O)C2O)C(O)C1O)NC(=O)CCCCCCCCCCCCCCCCCCCC. The molecule has 1 amide bonds. The number of carbonyl (C=O) groups is 1. The van der Waals surface area contributed by atoms with E-state index in [2.05, 4.69) is 19.2 Å². The molecule has 19 nitrogen and oxygen atoms in total. The van der Waals surface area contributed by atoms with Crippen molar-refractivity contribution in [1.29, 1.82) is 0 Å². The molecule has 3 fully saturated rings. The molecular weight excluding hydrogens is 1180 g/mol. The van der Waals surface area contributed by atoms with E-state index in [1.807, 2.05) is 6.08 Å². The van der Waals surface area contributed by atoms with Gasteiger partial charge in [0.25, 0.3) is 0 Å². The van der Waals surface area contributed by atoms with Crippen LogP contribution in [0.3, 0.4) is 0 Å². The fraction of sp³-hybridized carbons (Fsp3) is 0.959. The number of rotatable bonds is 60. The lowest BCUT2D eigenvalue weighted by Gasteiger charge is -2.48. The molecule has 3 rings (SSSR count). The van der Waals surface area contributed by atoms with Crippen LogP contribution in [0.4, 0.5) is 0 Å². The quantitative estimate of drug-likeness (QED) is 0.0199. The molecule has 17 atom stereocenters. The summed E-state index contributed by atoms with van der Waals surface area (Å²) in [6, 6.07) is -0.969. The molecule has 0 aromatic rings. The van der Waals surface area contributed by atoms with Crippen LogP contribution in [0.25, 0.3) is 0 Å². The molecule has 17 unspecified atom stereocenters. The molecule has 0 saturated carbocycles. The molecule has 0 aromatic carbocycles. The largest absolute Gasteiger partial charge is 0.394 e. The van der Waals surface area contributed by atoms with Crippen LogP contribution < -0.4 is 5.32 Å². The van der Waals surface area contributed by atoms with Gasteiger partial charge in [0.1, 0.15) is 73.2 Å². The van der Waals surface area contributed by atoms with Crippen LogP contribution in [0.2, 0.25) is 0 Å². The van der Waals surface area contributed by atoms with Crippen LogP contribution in [-0.4, -0.2) is 193 Å². The number of unbranched alkanes of at least 4 members (excludes halogenated alkanes) is 44. The molecule has 0 bridgehead atoms. The molecule has 0 spiro atoms. The molecule has 3 aliphatic heterocycles. The van der Waals surface area contributed by atoms with Crippen molar-refractivity contribution >= 4 is 5.91 Å². The minimum atomic E-state index is -1.98. The van der Waals surface area contributed by atoms with E-state index in [-0.39, 0.29) is 18.9 Å². The first-order chi connectivity index (χ1) is 44.8. The van der Waals surface area contributed by atoms with E-state index < -0.39 is 124 Å². The Kier molecular flexibility index (Phi) is 51.0. The van der Waals surface area contributed by atoms with E-state index in [0.29, 0.717) is 6.42 Å². The lowest BCUT2D eigenvalue weighted by atomic mass is 9.96. The van der Waals surface area contributed by atoms with Gasteiger partial charge in [-0.15, -0.1) is 0 Å². The molecule has 0 radical (unpaired) electrons. The van der Waals surface area contributed by atoms with Crippen molar-refractivity contribution in [3.63, 3.8) is 0 Å². The summed E-state index contributed by atoms with van der Waals surface area (Å²) in [4.78, 5) is 13.4. The lowest BCUT2D eigenvalue weighted by molar-refractivity contribution is -0.379. The van der Waals surface area contributed by atoms with Gasteiger partial charge >= 0.3 is 0 Å². The number of hydrogen-bond donors (Lipinski definition) is 12. The van der Waals surface area contributed by atoms with Gasteiger partial charge < -0.3 is 89.9 Å². The summed E-state index contributed by atoms with van der Waals surface area (Å²) in [6.07, 6.45) is 36.2. The zero-order valence-corrected chi connectivity index (χ0v) is 57.8. The maximum absolute atomic E-state index is 13.4. The summed E-state index contributed by atoms with van der Waals surface area (Å²) in [6.45, 7) is 1.79. The highest BCUT2D eigenvalue weighted by atomic mass is 16.8. The Morgan fingerprint density at radius 1 is 0.380 bits per heavy atom. The smallest absolute Gasteiger partial charge is 0.220 e. The Hall–Kier alpha value is -1.47. The Balaban J connectivity index is 1.39. The van der Waals surface area contributed by atoms with Crippen LogP contribution in [0.5, 0.6) is 0 Å². The van der Waals surface area contributed by atoms with E-state index in [9.17, 15) is 61.0 Å². The highest BCUT2D eigenvalue weighted by molar-refractivity contribution is 5.76. The molecule has 0 aliphatic carbocycles. The first-order valence-electron chi connectivity index (χ1n) is 37.9. The molecule has 92 heavy (non-hydrogen) atoms. The summed E-state index contributed by atoms with van der Waals surface area (Å²) in [5, 5.41) is 121. The summed E-state index contributed by atoms with van der Waals surface area (Å²) in [5.74, 6) is -0.268. The van der Waals surface area contributed by atoms with Crippen molar-refractivity contribution in [2.24, 2.45) is 0 Å². The van der Waals surface area contributed by atoms with Crippen molar-refractivity contribution in [3.8, 4) is 0 Å². The second-order valence-electron chi connectivity index (χ2n) is 27.5. The number of nitrogens with one attached hydrogen (secondary N) is 1. The Morgan fingerprint density at radius 2 is 0.674 bits per heavy atom. The fourth-order valence-electron chi connectivity index (χ4n) is 13.2. The average molecular weight is 1320 g/mol. The van der Waals surface area contributed by atoms with Gasteiger partial charge in [-0.25, -0.2) is 0 Å². The first-order valence-corrected chi connectivity index (χ1v) is 37.9. The van der Waals surface area contributed by atoms with Gasteiger partial charge in [-0.1, -0.05) is 302 Å². The standard InChI is InChI=1S/C73H139NO18/c1-3-5-7-9-11-13-15-17-19-21-23-24-25-26-27-28-29-30-31-32-33-34-36-38-40-42-44-46-48-50-57(78)56(74-61(79)51-49-47-45-43-41-39-37-35-22-20-18-16-14-12-10-8-6-4-2)55-87-71-67(85)64(82)69(59(53-76)89-71)92-73-68(86)65(83)70(60(54-77)90-73)91-72-66(84)63(81)62(80)58(52-75)88-72/h48,50,56-60,62-73,75-78,80-86H,3-47,49,51-55H2,1-2H3,(H,74,79)/b50-48+. The molecule has 3 heterocycles. The number of hydrogen-bond acceptors (Lipinski definition) is 18. The molecule has 3 saturated heterocycles. The van der Waals surface area contributed by atoms with E-state index in [4.69, 9.17) is 28.4 Å². The van der Waals surface area contributed by atoms with Gasteiger partial charge in [-0.05, 0) is 19.3 Å². The van der Waals surface area contributed by atoms with Crippen molar-refractivity contribution in [1.82, 2.24) is 5.32 Å². The van der Waals surface area contributed by atoms with Crippen LogP contribution in [-0.2, 0) is 33.2 Å². The molecule has 19 heteroatoms. The highest BCUT2D eigenvalue weighted by Crippen LogP contribution is 2.33. The summed E-state index contributed by atoms with van der Waals surface area (Å²) < 4.78 is 34.4. The maximum atomic E-state index is 13.4. The van der Waals surface area contributed by atoms with Crippen LogP contribution >= 0.6 is 0 Å². The Bertz CT molecular complexity index is 1720. The van der Waals surface area contributed by atoms with Gasteiger partial charge in [0.05, 0.1) is 38.6 Å². The Morgan fingerprint density at radius 3 is 1.02 bits per heavy atom. The van der Waals surface area contributed by atoms with E-state index >= 15 is 0 Å². The van der Waals surface area contributed by atoms with Crippen LogP contribution in [0.1, 0.15) is 316 Å². The Labute approximate surface area is 556 Å². The van der Waals surface area contributed by atoms with Gasteiger partial charge in [-0.3, -0.25) is 4.79 Å². The normalized spacial score (nSPS) is 27.7. The van der Waals surface area contributed by atoms with Crippen LogP contribution in [0.15, 0.2) is 12.2 Å². The number of ether oxygens (including phenoxy) is 6. The third kappa shape index (κ3) is 36.4. The molecule has 12 N–H and O–H groups in total. The molecular formula is C73H139NO18. The van der Waals surface area contributed by atoms with Gasteiger partial charge in [0.15, 0.2) is 18.9 Å². The first kappa shape index (κ1) is 84.8. The minimum absolute atomic E-state index is 0.250. The fourth-order valence-corrected chi connectivity index (χ4v) is 13.2. The van der Waals surface area contributed by atoms with Gasteiger partial charge in [-0.2, -0.15) is 0 Å². The number of allylic oxidation sites excluding steroid dienone is 1. The predicted molar refractivity (Wildman–Crippen MR) is 360 cm³/mol. The molecule has 0 aromatic heterocycles. The topological polar surface area (TPSA) is 307 Å². The summed E-state index contributed by atoms with van der Waals surface area (Å²) in [5.41, 5.74) is 0. The average Bonchev–Trinajstić information content (AvgIpc) is 0.857. The second kappa shape index (κ2) is 55.4. The molecule has 3 aliphatic rings. The van der Waals surface area contributed by atoms with Crippen molar-refractivity contribution < 1.29 is 89.4 Å². The zero-order chi connectivity index (χ0) is 66.8. The third-order valence-corrected chi connectivity index (χ3v) is 19.3. The monoisotopic (exact) mass is 1320 g/mol. The van der Waals surface area contributed by atoms with E-state index in [1.54, 1.807) is 6.08 Å². The van der Waals surface area contributed by atoms with Crippen molar-refractivity contribution in [3.05, 3.63) is 12.2 Å². The second-order valence-corrected chi connectivity index (χ2v) is 27.5. The zero-order valence-electron chi connectivity index (χ0n) is 57.8.